The molecule has 2 rings (SSSR count). The van der Waals surface area contributed by atoms with Crippen molar-refractivity contribution < 1.29 is 13.9 Å². The molecule has 1 N–H and O–H groups in total. The van der Waals surface area contributed by atoms with Crippen LogP contribution in [-0.4, -0.2) is 12.6 Å². The predicted molar refractivity (Wildman–Crippen MR) is 76.9 cm³/mol. The molecule has 0 aliphatic rings. The topological polar surface area (TPSA) is 63.0 Å². The third-order valence-electron chi connectivity index (χ3n) is 2.59. The normalized spacial score (nSPS) is 10.6. The van der Waals surface area contributed by atoms with Crippen molar-refractivity contribution in [3.8, 4) is 0 Å². The van der Waals surface area contributed by atoms with E-state index in [-0.39, 0.29) is 11.7 Å². The Labute approximate surface area is 121 Å². The van der Waals surface area contributed by atoms with E-state index >= 15 is 0 Å². The molecule has 0 aromatic heterocycles. The zero-order valence-corrected chi connectivity index (χ0v) is 11.4. The fraction of sp³-hybridized carbons (Fsp3) is 0.133. The van der Waals surface area contributed by atoms with Gasteiger partial charge in [0.2, 0.25) is 0 Å². The van der Waals surface area contributed by atoms with Crippen LogP contribution >= 0.6 is 0 Å². The molecule has 0 heterocycles. The summed E-state index contributed by atoms with van der Waals surface area (Å²) in [6, 6.07) is 12.6. The summed E-state index contributed by atoms with van der Waals surface area (Å²) in [7, 11) is 0. The Morgan fingerprint density at radius 3 is 2.57 bits per heavy atom. The van der Waals surface area contributed by atoms with Gasteiger partial charge in [0.1, 0.15) is 5.69 Å². The Morgan fingerprint density at radius 2 is 1.90 bits per heavy atom. The molecule has 5 nitrogen and oxygen atoms in total. The minimum atomic E-state index is -0.444. The highest BCUT2D eigenvalue weighted by Gasteiger charge is 2.05. The first-order chi connectivity index (χ1) is 10.2. The van der Waals surface area contributed by atoms with Crippen molar-refractivity contribution in [3.05, 3.63) is 59.9 Å². The maximum absolute atomic E-state index is 13.3. The van der Waals surface area contributed by atoms with Gasteiger partial charge in [-0.25, -0.2) is 9.18 Å². The van der Waals surface area contributed by atoms with E-state index in [2.05, 4.69) is 15.8 Å². The fourth-order valence-electron chi connectivity index (χ4n) is 1.56. The third-order valence-corrected chi connectivity index (χ3v) is 2.59. The van der Waals surface area contributed by atoms with Gasteiger partial charge >= 0.3 is 5.97 Å². The van der Waals surface area contributed by atoms with E-state index in [4.69, 9.17) is 4.74 Å². The number of esters is 1. The summed E-state index contributed by atoms with van der Waals surface area (Å²) in [5, 5.41) is 7.44. The van der Waals surface area contributed by atoms with Crippen molar-refractivity contribution in [1.29, 1.82) is 0 Å². The second kappa shape index (κ2) is 7.14. The summed E-state index contributed by atoms with van der Waals surface area (Å²) in [5.74, 6) is -0.822. The van der Waals surface area contributed by atoms with E-state index in [1.165, 1.54) is 12.1 Å². The molecule has 0 radical (unpaired) electrons. The Balaban J connectivity index is 1.98. The van der Waals surface area contributed by atoms with Crippen LogP contribution in [0.1, 0.15) is 17.3 Å². The van der Waals surface area contributed by atoms with E-state index < -0.39 is 5.82 Å². The first kappa shape index (κ1) is 14.6. The number of benzene rings is 2. The van der Waals surface area contributed by atoms with E-state index in [1.54, 1.807) is 43.3 Å². The Morgan fingerprint density at radius 1 is 1.19 bits per heavy atom. The average Bonchev–Trinajstić information content (AvgIpc) is 2.50. The SMILES string of the molecule is CCOC(=O)c1ccc(NN=Nc2ccccc2F)cc1. The molecular weight excluding hydrogens is 273 g/mol. The minimum Gasteiger partial charge on any atom is -0.462 e. The predicted octanol–water partition coefficient (Wildman–Crippen LogP) is 4.11. The van der Waals surface area contributed by atoms with Gasteiger partial charge in [-0.3, -0.25) is 5.43 Å². The molecule has 0 aliphatic heterocycles. The van der Waals surface area contributed by atoms with Crippen LogP contribution in [0.4, 0.5) is 15.8 Å². The number of anilines is 1. The summed E-state index contributed by atoms with van der Waals surface area (Å²) in [6.45, 7) is 2.08. The second-order valence-corrected chi connectivity index (χ2v) is 4.06. The molecule has 0 bridgehead atoms. The summed E-state index contributed by atoms with van der Waals surface area (Å²) in [4.78, 5) is 11.5. The zero-order valence-electron chi connectivity index (χ0n) is 11.4. The lowest BCUT2D eigenvalue weighted by molar-refractivity contribution is 0.0526. The maximum Gasteiger partial charge on any atom is 0.338 e. The van der Waals surface area contributed by atoms with Gasteiger partial charge in [0.25, 0.3) is 0 Å². The first-order valence-corrected chi connectivity index (χ1v) is 6.39. The average molecular weight is 287 g/mol. The molecule has 0 saturated heterocycles. The highest BCUT2D eigenvalue weighted by molar-refractivity contribution is 5.89. The van der Waals surface area contributed by atoms with Gasteiger partial charge in [0, 0.05) is 0 Å². The number of hydrogen-bond acceptors (Lipinski definition) is 4. The van der Waals surface area contributed by atoms with Crippen LogP contribution in [0.15, 0.2) is 58.9 Å². The summed E-state index contributed by atoms with van der Waals surface area (Å²) >= 11 is 0. The number of halogens is 1. The van der Waals surface area contributed by atoms with E-state index in [9.17, 15) is 9.18 Å². The van der Waals surface area contributed by atoms with Gasteiger partial charge in [0.05, 0.1) is 17.9 Å². The number of ether oxygens (including phenoxy) is 1. The number of carbonyl (C=O) groups excluding carboxylic acids is 1. The molecule has 0 amide bonds. The van der Waals surface area contributed by atoms with Crippen LogP contribution < -0.4 is 5.43 Å². The number of nitrogens with zero attached hydrogens (tertiary/aromatic N) is 2. The summed E-state index contributed by atoms with van der Waals surface area (Å²) in [5.41, 5.74) is 3.88. The van der Waals surface area contributed by atoms with E-state index in [0.29, 0.717) is 17.9 Å². The molecule has 0 unspecified atom stereocenters. The Hall–Kier alpha value is -2.76. The highest BCUT2D eigenvalue weighted by Crippen LogP contribution is 2.17. The number of rotatable bonds is 5. The van der Waals surface area contributed by atoms with E-state index in [1.807, 2.05) is 0 Å². The van der Waals surface area contributed by atoms with E-state index in [0.717, 1.165) is 0 Å². The summed E-state index contributed by atoms with van der Waals surface area (Å²) in [6.07, 6.45) is 0. The fourth-order valence-corrected chi connectivity index (χ4v) is 1.56. The lowest BCUT2D eigenvalue weighted by Gasteiger charge is -2.03. The quantitative estimate of drug-likeness (QED) is 0.511. The van der Waals surface area contributed by atoms with Crippen LogP contribution in [0.2, 0.25) is 0 Å². The van der Waals surface area contributed by atoms with Gasteiger partial charge in [-0.1, -0.05) is 17.4 Å². The Bertz CT molecular complexity index is 642. The maximum atomic E-state index is 13.3. The molecular formula is C15H14FN3O2. The van der Waals surface area contributed by atoms with Crippen molar-refractivity contribution >= 4 is 17.3 Å². The van der Waals surface area contributed by atoms with Gasteiger partial charge < -0.3 is 4.74 Å². The smallest absolute Gasteiger partial charge is 0.338 e. The van der Waals surface area contributed by atoms with Crippen LogP contribution in [0.3, 0.4) is 0 Å². The molecule has 0 fully saturated rings. The molecule has 0 saturated carbocycles. The molecule has 2 aromatic rings. The number of hydrogen-bond donors (Lipinski definition) is 1. The van der Waals surface area contributed by atoms with Crippen LogP contribution in [-0.2, 0) is 4.74 Å². The first-order valence-electron chi connectivity index (χ1n) is 6.39. The zero-order chi connectivity index (χ0) is 15.1. The number of nitrogens with one attached hydrogen (secondary N) is 1. The van der Waals surface area contributed by atoms with Crippen molar-refractivity contribution in [2.45, 2.75) is 6.92 Å². The van der Waals surface area contributed by atoms with Crippen molar-refractivity contribution in [1.82, 2.24) is 0 Å². The van der Waals surface area contributed by atoms with Crippen LogP contribution in [0, 0.1) is 5.82 Å². The third kappa shape index (κ3) is 4.10. The lowest BCUT2D eigenvalue weighted by Crippen LogP contribution is -2.04. The van der Waals surface area contributed by atoms with Crippen molar-refractivity contribution in [2.75, 3.05) is 12.0 Å². The molecule has 6 heteroatoms. The Kier molecular flexibility index (Phi) is 4.98. The monoisotopic (exact) mass is 287 g/mol. The minimum absolute atomic E-state index is 0.146. The molecule has 0 atom stereocenters. The number of carbonyl (C=O) groups is 1. The van der Waals surface area contributed by atoms with Crippen molar-refractivity contribution in [2.24, 2.45) is 10.3 Å². The largest absolute Gasteiger partial charge is 0.462 e. The van der Waals surface area contributed by atoms with Crippen molar-refractivity contribution in [3.63, 3.8) is 0 Å². The van der Waals surface area contributed by atoms with Gasteiger partial charge in [-0.05, 0) is 43.3 Å². The molecule has 2 aromatic carbocycles. The lowest BCUT2D eigenvalue weighted by atomic mass is 10.2. The second-order valence-electron chi connectivity index (χ2n) is 4.06. The van der Waals surface area contributed by atoms with Gasteiger partial charge in [0.15, 0.2) is 5.82 Å². The molecule has 0 spiro atoms. The van der Waals surface area contributed by atoms with Gasteiger partial charge in [-0.2, -0.15) is 0 Å². The standard InChI is InChI=1S/C15H14FN3O2/c1-2-21-15(20)11-7-9-12(10-8-11)17-19-18-14-6-4-3-5-13(14)16/h3-10H,2H2,1H3,(H,17,18). The van der Waals surface area contributed by atoms with Gasteiger partial charge in [-0.15, -0.1) is 5.11 Å². The highest BCUT2D eigenvalue weighted by atomic mass is 19.1. The molecule has 0 aliphatic carbocycles. The molecule has 108 valence electrons. The van der Waals surface area contributed by atoms with Crippen LogP contribution in [0.5, 0.6) is 0 Å². The molecule has 21 heavy (non-hydrogen) atoms. The summed E-state index contributed by atoms with van der Waals surface area (Å²) < 4.78 is 18.2. The van der Waals surface area contributed by atoms with Crippen LogP contribution in [0.25, 0.3) is 0 Å².